The maximum Gasteiger partial charge on any atom is 0.273 e. The normalized spacial score (nSPS) is 20.5. The number of piperidine rings is 1. The lowest BCUT2D eigenvalue weighted by Gasteiger charge is -2.33. The standard InChI is InChI=1S/C14H22N2O4S/c1-12-5-2-3-9-16(12)10-4-8-15-21(18,19)14-7-6-13(11-17)20-14/h6-7,11-12,15H,2-5,8-10H2,1H3. The van der Waals surface area contributed by atoms with E-state index in [1.807, 2.05) is 0 Å². The average Bonchev–Trinajstić information content (AvgIpc) is 2.95. The molecule has 0 saturated carbocycles. The van der Waals surface area contributed by atoms with Crippen molar-refractivity contribution in [2.24, 2.45) is 0 Å². The van der Waals surface area contributed by atoms with Crippen LogP contribution in [0.5, 0.6) is 0 Å². The van der Waals surface area contributed by atoms with E-state index in [1.165, 1.54) is 31.4 Å². The number of sulfonamides is 1. The van der Waals surface area contributed by atoms with Gasteiger partial charge in [0.2, 0.25) is 5.09 Å². The molecule has 118 valence electrons. The Balaban J connectivity index is 1.78. The van der Waals surface area contributed by atoms with Gasteiger partial charge in [0.05, 0.1) is 0 Å². The lowest BCUT2D eigenvalue weighted by molar-refractivity contribution is 0.109. The summed E-state index contributed by atoms with van der Waals surface area (Å²) in [5, 5.41) is -0.212. The number of furan rings is 1. The van der Waals surface area contributed by atoms with Crippen LogP contribution in [0, 0.1) is 0 Å². The van der Waals surface area contributed by atoms with Gasteiger partial charge in [-0.05, 0) is 51.4 Å². The number of nitrogens with one attached hydrogen (secondary N) is 1. The number of hydrogen-bond acceptors (Lipinski definition) is 5. The summed E-state index contributed by atoms with van der Waals surface area (Å²) in [7, 11) is -3.66. The Kier molecular flexibility index (Phi) is 5.55. The van der Waals surface area contributed by atoms with E-state index in [0.717, 1.165) is 19.5 Å². The largest absolute Gasteiger partial charge is 0.440 e. The molecule has 0 aromatic carbocycles. The third kappa shape index (κ3) is 4.39. The van der Waals surface area contributed by atoms with Gasteiger partial charge >= 0.3 is 0 Å². The van der Waals surface area contributed by atoms with Crippen molar-refractivity contribution in [3.63, 3.8) is 0 Å². The Morgan fingerprint density at radius 3 is 2.90 bits per heavy atom. The van der Waals surface area contributed by atoms with Gasteiger partial charge in [-0.3, -0.25) is 4.79 Å². The van der Waals surface area contributed by atoms with E-state index < -0.39 is 10.0 Å². The van der Waals surface area contributed by atoms with Gasteiger partial charge < -0.3 is 9.32 Å². The molecule has 1 atom stereocenters. The number of hydrogen-bond donors (Lipinski definition) is 1. The first-order valence-electron chi connectivity index (χ1n) is 7.31. The zero-order valence-corrected chi connectivity index (χ0v) is 13.1. The van der Waals surface area contributed by atoms with Crippen LogP contribution in [0.1, 0.15) is 43.2 Å². The van der Waals surface area contributed by atoms with Gasteiger partial charge in [-0.25, -0.2) is 13.1 Å². The highest BCUT2D eigenvalue weighted by atomic mass is 32.2. The van der Waals surface area contributed by atoms with Gasteiger partial charge in [-0.2, -0.15) is 0 Å². The number of carbonyl (C=O) groups is 1. The highest BCUT2D eigenvalue weighted by molar-refractivity contribution is 7.89. The number of rotatable bonds is 7. The van der Waals surface area contributed by atoms with Crippen LogP contribution < -0.4 is 4.72 Å². The summed E-state index contributed by atoms with van der Waals surface area (Å²) in [5.74, 6) is 0.0116. The minimum atomic E-state index is -3.66. The van der Waals surface area contributed by atoms with E-state index in [4.69, 9.17) is 4.42 Å². The molecule has 1 unspecified atom stereocenters. The van der Waals surface area contributed by atoms with Crippen LogP contribution in [0.2, 0.25) is 0 Å². The molecule has 1 saturated heterocycles. The summed E-state index contributed by atoms with van der Waals surface area (Å²) in [6.07, 6.45) is 4.95. The molecule has 6 nitrogen and oxygen atoms in total. The van der Waals surface area contributed by atoms with Crippen LogP contribution >= 0.6 is 0 Å². The van der Waals surface area contributed by atoms with Crippen molar-refractivity contribution in [1.29, 1.82) is 0 Å². The molecule has 0 radical (unpaired) electrons. The topological polar surface area (TPSA) is 79.6 Å². The molecule has 1 aliphatic rings. The first-order valence-corrected chi connectivity index (χ1v) is 8.80. The Morgan fingerprint density at radius 1 is 1.43 bits per heavy atom. The van der Waals surface area contributed by atoms with Gasteiger partial charge in [0.15, 0.2) is 12.0 Å². The maximum atomic E-state index is 11.9. The third-order valence-corrected chi connectivity index (χ3v) is 5.17. The molecular formula is C14H22N2O4S. The molecule has 2 rings (SSSR count). The van der Waals surface area contributed by atoms with Crippen LogP contribution in [-0.4, -0.2) is 45.3 Å². The van der Waals surface area contributed by atoms with Crippen LogP contribution in [0.3, 0.4) is 0 Å². The predicted molar refractivity (Wildman–Crippen MR) is 78.8 cm³/mol. The first kappa shape index (κ1) is 16.2. The second-order valence-electron chi connectivity index (χ2n) is 5.41. The van der Waals surface area contributed by atoms with Crippen LogP contribution in [0.25, 0.3) is 0 Å². The van der Waals surface area contributed by atoms with E-state index in [9.17, 15) is 13.2 Å². The van der Waals surface area contributed by atoms with Gasteiger partial charge in [0.25, 0.3) is 10.0 Å². The summed E-state index contributed by atoms with van der Waals surface area (Å²) in [4.78, 5) is 12.9. The molecule has 0 bridgehead atoms. The van der Waals surface area contributed by atoms with E-state index in [-0.39, 0.29) is 10.9 Å². The molecule has 7 heteroatoms. The van der Waals surface area contributed by atoms with Gasteiger partial charge in [0.1, 0.15) is 0 Å². The van der Waals surface area contributed by atoms with Crippen LogP contribution in [-0.2, 0) is 10.0 Å². The molecule has 1 aromatic heterocycles. The molecule has 0 spiro atoms. The summed E-state index contributed by atoms with van der Waals surface area (Å²) >= 11 is 0. The fraction of sp³-hybridized carbons (Fsp3) is 0.643. The average molecular weight is 314 g/mol. The van der Waals surface area contributed by atoms with Crippen molar-refractivity contribution in [3.05, 3.63) is 17.9 Å². The molecule has 1 aromatic rings. The highest BCUT2D eigenvalue weighted by Gasteiger charge is 2.20. The number of likely N-dealkylation sites (tertiary alicyclic amines) is 1. The molecule has 0 amide bonds. The second kappa shape index (κ2) is 7.20. The Hall–Kier alpha value is -1.18. The Morgan fingerprint density at radius 2 is 2.24 bits per heavy atom. The molecule has 2 heterocycles. The first-order chi connectivity index (χ1) is 10.0. The smallest absolute Gasteiger partial charge is 0.273 e. The monoisotopic (exact) mass is 314 g/mol. The van der Waals surface area contributed by atoms with Gasteiger partial charge in [-0.1, -0.05) is 6.42 Å². The van der Waals surface area contributed by atoms with Gasteiger partial charge in [0, 0.05) is 12.6 Å². The van der Waals surface area contributed by atoms with E-state index in [1.54, 1.807) is 0 Å². The quantitative estimate of drug-likeness (QED) is 0.611. The van der Waals surface area contributed by atoms with Crippen molar-refractivity contribution in [2.75, 3.05) is 19.6 Å². The highest BCUT2D eigenvalue weighted by Crippen LogP contribution is 2.16. The van der Waals surface area contributed by atoms with E-state index in [0.29, 0.717) is 18.9 Å². The van der Waals surface area contributed by atoms with Crippen LogP contribution in [0.15, 0.2) is 21.6 Å². The zero-order chi connectivity index (χ0) is 15.3. The van der Waals surface area contributed by atoms with Crippen molar-refractivity contribution in [1.82, 2.24) is 9.62 Å². The Bertz CT molecular complexity index is 567. The minimum absolute atomic E-state index is 0.0116. The SMILES string of the molecule is CC1CCCCN1CCCNS(=O)(=O)c1ccc(C=O)o1. The molecule has 1 fully saturated rings. The maximum absolute atomic E-state index is 11.9. The lowest BCUT2D eigenvalue weighted by Crippen LogP contribution is -2.39. The molecule has 21 heavy (non-hydrogen) atoms. The summed E-state index contributed by atoms with van der Waals surface area (Å²) in [6.45, 7) is 4.56. The summed E-state index contributed by atoms with van der Waals surface area (Å²) in [6, 6.07) is 3.21. The number of aldehydes is 1. The van der Waals surface area contributed by atoms with Crippen molar-refractivity contribution < 1.29 is 17.6 Å². The fourth-order valence-electron chi connectivity index (χ4n) is 2.59. The molecule has 1 aliphatic heterocycles. The van der Waals surface area contributed by atoms with Crippen molar-refractivity contribution in [3.8, 4) is 0 Å². The summed E-state index contributed by atoms with van der Waals surface area (Å²) in [5.41, 5.74) is 0. The summed E-state index contributed by atoms with van der Waals surface area (Å²) < 4.78 is 31.3. The van der Waals surface area contributed by atoms with Gasteiger partial charge in [-0.15, -0.1) is 0 Å². The second-order valence-corrected chi connectivity index (χ2v) is 7.10. The Labute approximate surface area is 125 Å². The number of nitrogens with zero attached hydrogens (tertiary/aromatic N) is 1. The third-order valence-electron chi connectivity index (χ3n) is 3.84. The predicted octanol–water partition coefficient (Wildman–Crippen LogP) is 1.63. The molecule has 0 aliphatic carbocycles. The number of carbonyl (C=O) groups excluding carboxylic acids is 1. The van der Waals surface area contributed by atoms with Crippen molar-refractivity contribution >= 4 is 16.3 Å². The molecule has 1 N–H and O–H groups in total. The fourth-order valence-corrected chi connectivity index (χ4v) is 3.60. The lowest BCUT2D eigenvalue weighted by atomic mass is 10.0. The van der Waals surface area contributed by atoms with Crippen molar-refractivity contribution in [2.45, 2.75) is 43.7 Å². The zero-order valence-electron chi connectivity index (χ0n) is 12.2. The van der Waals surface area contributed by atoms with E-state index in [2.05, 4.69) is 16.5 Å². The van der Waals surface area contributed by atoms with Crippen LogP contribution in [0.4, 0.5) is 0 Å². The van der Waals surface area contributed by atoms with E-state index >= 15 is 0 Å². The minimum Gasteiger partial charge on any atom is -0.440 e. The molecular weight excluding hydrogens is 292 g/mol.